The molecule has 0 unspecified atom stereocenters. The van der Waals surface area contributed by atoms with Gasteiger partial charge in [0.15, 0.2) is 0 Å². The number of hydrogen-bond acceptors (Lipinski definition) is 4. The maximum atomic E-state index is 11.9. The minimum absolute atomic E-state index is 0.0463. The summed E-state index contributed by atoms with van der Waals surface area (Å²) in [6.45, 7) is 2.81. The molecule has 0 saturated carbocycles. The van der Waals surface area contributed by atoms with Crippen molar-refractivity contribution in [2.75, 3.05) is 20.3 Å². The van der Waals surface area contributed by atoms with Crippen LogP contribution in [0.5, 0.6) is 5.75 Å². The molecular formula is C14H17NO4. The summed E-state index contributed by atoms with van der Waals surface area (Å²) in [5.41, 5.74) is 1.05. The predicted molar refractivity (Wildman–Crippen MR) is 68.1 cm³/mol. The lowest BCUT2D eigenvalue weighted by molar-refractivity contribution is 0.0786. The summed E-state index contributed by atoms with van der Waals surface area (Å²) in [5.74, 6) is 0.803. The molecule has 3 rings (SSSR count). The van der Waals surface area contributed by atoms with Crippen molar-refractivity contribution in [1.29, 1.82) is 0 Å². The molecule has 0 radical (unpaired) electrons. The summed E-state index contributed by atoms with van der Waals surface area (Å²) in [7, 11) is 1.63. The Kier molecular flexibility index (Phi) is 3.06. The van der Waals surface area contributed by atoms with E-state index in [1.807, 2.05) is 31.2 Å². The number of benzene rings is 1. The Balaban J connectivity index is 1.81. The van der Waals surface area contributed by atoms with Crippen molar-refractivity contribution in [2.24, 2.45) is 0 Å². The monoisotopic (exact) mass is 263 g/mol. The van der Waals surface area contributed by atoms with Gasteiger partial charge in [-0.1, -0.05) is 12.1 Å². The number of morpholine rings is 1. The second kappa shape index (κ2) is 4.74. The standard InChI is InChI=1S/C14H17NO4/c1-3-18-14(16)15-8-11-13(19-11)12(15)9-4-6-10(17-2)7-5-9/h4-7,11-13H,3,8H2,1-2H3/t11-,12+,13-/m1/s1. The van der Waals surface area contributed by atoms with Crippen LogP contribution in [0.3, 0.4) is 0 Å². The van der Waals surface area contributed by atoms with Crippen molar-refractivity contribution >= 4 is 6.09 Å². The Hall–Kier alpha value is -1.75. The fourth-order valence-electron chi connectivity index (χ4n) is 2.63. The Bertz CT molecular complexity index is 473. The van der Waals surface area contributed by atoms with Crippen LogP contribution in [0.25, 0.3) is 0 Å². The van der Waals surface area contributed by atoms with Gasteiger partial charge in [-0.3, -0.25) is 4.90 Å². The van der Waals surface area contributed by atoms with E-state index in [9.17, 15) is 4.79 Å². The maximum Gasteiger partial charge on any atom is 0.410 e. The second-order valence-corrected chi connectivity index (χ2v) is 4.71. The number of methoxy groups -OCH3 is 1. The molecule has 5 heteroatoms. The number of carbonyl (C=O) groups excluding carboxylic acids is 1. The molecule has 0 N–H and O–H groups in total. The van der Waals surface area contributed by atoms with E-state index < -0.39 is 0 Å². The molecule has 0 spiro atoms. The number of ether oxygens (including phenoxy) is 3. The predicted octanol–water partition coefficient (Wildman–Crippen LogP) is 1.98. The van der Waals surface area contributed by atoms with Gasteiger partial charge in [0.1, 0.15) is 18.0 Å². The van der Waals surface area contributed by atoms with Crippen LogP contribution in [0, 0.1) is 0 Å². The summed E-state index contributed by atoms with van der Waals surface area (Å²) in [6.07, 6.45) is 0.00780. The summed E-state index contributed by atoms with van der Waals surface area (Å²) >= 11 is 0. The Morgan fingerprint density at radius 3 is 2.79 bits per heavy atom. The first-order valence-corrected chi connectivity index (χ1v) is 6.47. The quantitative estimate of drug-likeness (QED) is 0.782. The molecule has 5 nitrogen and oxygen atoms in total. The van der Waals surface area contributed by atoms with Crippen LogP contribution in [0.4, 0.5) is 4.79 Å². The molecule has 102 valence electrons. The average Bonchev–Trinajstić information content (AvgIpc) is 3.10. The van der Waals surface area contributed by atoms with Crippen LogP contribution in [0.2, 0.25) is 0 Å². The number of amides is 1. The maximum absolute atomic E-state index is 11.9. The fourth-order valence-corrected chi connectivity index (χ4v) is 2.63. The van der Waals surface area contributed by atoms with Gasteiger partial charge in [0.25, 0.3) is 0 Å². The molecule has 0 aliphatic carbocycles. The van der Waals surface area contributed by atoms with Crippen LogP contribution < -0.4 is 4.74 Å². The molecular weight excluding hydrogens is 246 g/mol. The lowest BCUT2D eigenvalue weighted by Crippen LogP contribution is -2.35. The molecule has 2 aliphatic rings. The summed E-state index contributed by atoms with van der Waals surface area (Å²) in [4.78, 5) is 13.7. The molecule has 2 fully saturated rings. The SMILES string of the molecule is CCOC(=O)N1C[C@H]2O[C@H]2[C@@H]1c1ccc(OC)cc1. The van der Waals surface area contributed by atoms with Crippen LogP contribution in [-0.4, -0.2) is 43.5 Å². The van der Waals surface area contributed by atoms with E-state index in [0.717, 1.165) is 11.3 Å². The van der Waals surface area contributed by atoms with Gasteiger partial charge in [0.05, 0.1) is 26.3 Å². The third-order valence-electron chi connectivity index (χ3n) is 3.61. The molecule has 19 heavy (non-hydrogen) atoms. The van der Waals surface area contributed by atoms with Gasteiger partial charge in [-0.25, -0.2) is 4.79 Å². The number of carbonyl (C=O) groups is 1. The highest BCUT2D eigenvalue weighted by Crippen LogP contribution is 2.45. The van der Waals surface area contributed by atoms with Crippen molar-refractivity contribution in [3.63, 3.8) is 0 Å². The van der Waals surface area contributed by atoms with Crippen molar-refractivity contribution in [1.82, 2.24) is 4.90 Å². The molecule has 1 amide bonds. The number of nitrogens with zero attached hydrogens (tertiary/aromatic N) is 1. The second-order valence-electron chi connectivity index (χ2n) is 4.71. The fraction of sp³-hybridized carbons (Fsp3) is 0.500. The van der Waals surface area contributed by atoms with E-state index in [4.69, 9.17) is 14.2 Å². The van der Waals surface area contributed by atoms with Gasteiger partial charge in [-0.15, -0.1) is 0 Å². The molecule has 1 aromatic rings. The summed E-state index contributed by atoms with van der Waals surface area (Å²) in [5, 5.41) is 0. The zero-order chi connectivity index (χ0) is 13.4. The molecule has 2 saturated heterocycles. The smallest absolute Gasteiger partial charge is 0.410 e. The van der Waals surface area contributed by atoms with E-state index >= 15 is 0 Å². The van der Waals surface area contributed by atoms with Crippen LogP contribution >= 0.6 is 0 Å². The largest absolute Gasteiger partial charge is 0.497 e. The Morgan fingerprint density at radius 1 is 1.42 bits per heavy atom. The first kappa shape index (κ1) is 12.3. The van der Waals surface area contributed by atoms with Crippen molar-refractivity contribution in [2.45, 2.75) is 25.2 Å². The first-order chi connectivity index (χ1) is 9.24. The zero-order valence-corrected chi connectivity index (χ0v) is 11.0. The highest BCUT2D eigenvalue weighted by molar-refractivity contribution is 5.69. The highest BCUT2D eigenvalue weighted by atomic mass is 16.6. The topological polar surface area (TPSA) is 51.3 Å². The van der Waals surface area contributed by atoms with E-state index in [0.29, 0.717) is 13.2 Å². The van der Waals surface area contributed by atoms with Gasteiger partial charge in [0.2, 0.25) is 0 Å². The molecule has 0 aromatic heterocycles. The van der Waals surface area contributed by atoms with Gasteiger partial charge >= 0.3 is 6.09 Å². The van der Waals surface area contributed by atoms with Crippen LogP contribution in [0.15, 0.2) is 24.3 Å². The van der Waals surface area contributed by atoms with E-state index in [1.54, 1.807) is 12.0 Å². The van der Waals surface area contributed by atoms with Gasteiger partial charge in [0, 0.05) is 0 Å². The molecule has 0 bridgehead atoms. The first-order valence-electron chi connectivity index (χ1n) is 6.47. The summed E-state index contributed by atoms with van der Waals surface area (Å²) in [6, 6.07) is 7.69. The summed E-state index contributed by atoms with van der Waals surface area (Å²) < 4.78 is 15.8. The van der Waals surface area contributed by atoms with E-state index in [-0.39, 0.29) is 24.3 Å². The van der Waals surface area contributed by atoms with Crippen molar-refractivity contribution < 1.29 is 19.0 Å². The third kappa shape index (κ3) is 2.14. The normalized spacial score (nSPS) is 27.9. The minimum atomic E-state index is -0.265. The molecule has 3 atom stereocenters. The van der Waals surface area contributed by atoms with Gasteiger partial charge in [-0.2, -0.15) is 0 Å². The van der Waals surface area contributed by atoms with Crippen LogP contribution in [-0.2, 0) is 9.47 Å². The van der Waals surface area contributed by atoms with E-state index in [1.165, 1.54) is 0 Å². The van der Waals surface area contributed by atoms with Crippen molar-refractivity contribution in [3.05, 3.63) is 29.8 Å². The Labute approximate surface area is 112 Å². The average molecular weight is 263 g/mol. The molecule has 1 aromatic carbocycles. The van der Waals surface area contributed by atoms with Gasteiger partial charge < -0.3 is 14.2 Å². The minimum Gasteiger partial charge on any atom is -0.497 e. The highest BCUT2D eigenvalue weighted by Gasteiger charge is 2.57. The number of likely N-dealkylation sites (tertiary alicyclic amines) is 1. The number of rotatable bonds is 3. The van der Waals surface area contributed by atoms with Crippen molar-refractivity contribution in [3.8, 4) is 5.75 Å². The molecule has 2 heterocycles. The van der Waals surface area contributed by atoms with Crippen LogP contribution in [0.1, 0.15) is 18.5 Å². The van der Waals surface area contributed by atoms with E-state index in [2.05, 4.69) is 0 Å². The zero-order valence-electron chi connectivity index (χ0n) is 11.0. The number of epoxide rings is 1. The third-order valence-corrected chi connectivity index (χ3v) is 3.61. The number of hydrogen-bond donors (Lipinski definition) is 0. The lowest BCUT2D eigenvalue weighted by atomic mass is 10.0. The number of fused-ring (bicyclic) bond motifs is 1. The molecule has 2 aliphatic heterocycles. The van der Waals surface area contributed by atoms with Gasteiger partial charge in [-0.05, 0) is 24.6 Å². The Morgan fingerprint density at radius 2 is 2.16 bits per heavy atom. The lowest BCUT2D eigenvalue weighted by Gasteiger charge is -2.26.